The van der Waals surface area contributed by atoms with Gasteiger partial charge in [-0.15, -0.1) is 0 Å². The molecule has 1 atom stereocenters. The SMILES string of the molecule is CC(C)(C)C(=O)[NH][Zr+2]([CH]1C=Cc2ccccc21)[SiH](c1ccccc1)c1ccccc1.[Cl-].[Cl-]. The summed E-state index contributed by atoms with van der Waals surface area (Å²) >= 11 is -2.56. The molecular formula is C26H28Cl2NOSiZr. The van der Waals surface area contributed by atoms with Gasteiger partial charge in [0.25, 0.3) is 0 Å². The van der Waals surface area contributed by atoms with Gasteiger partial charge in [-0.1, -0.05) is 0 Å². The van der Waals surface area contributed by atoms with Gasteiger partial charge in [0.1, 0.15) is 0 Å². The standard InChI is InChI=1S/C12H11Si.C9H7.C5H11NO.2ClH.Zr/c1-3-7-11(8-4-1)13-12-9-5-2-6-10-12;1-2-5-9-7-3-6-8(9)4-1;1-5(2,3)4(6)7;;;/h1-10,13H;1-7H;1-3H3,(H2,6,7);2*1H;/q;;;;;+3/p-3. The molecule has 0 saturated heterocycles. The van der Waals surface area contributed by atoms with Gasteiger partial charge in [0.05, 0.1) is 0 Å². The van der Waals surface area contributed by atoms with Gasteiger partial charge in [0.2, 0.25) is 0 Å². The van der Waals surface area contributed by atoms with E-state index in [4.69, 9.17) is 0 Å². The van der Waals surface area contributed by atoms with Crippen molar-refractivity contribution < 1.29 is 50.8 Å². The molecule has 0 spiro atoms. The summed E-state index contributed by atoms with van der Waals surface area (Å²) in [6.07, 6.45) is 4.62. The maximum Gasteiger partial charge on any atom is -1.00 e. The van der Waals surface area contributed by atoms with Crippen LogP contribution in [0, 0.1) is 5.41 Å². The van der Waals surface area contributed by atoms with Crippen molar-refractivity contribution in [3.05, 3.63) is 102 Å². The van der Waals surface area contributed by atoms with Gasteiger partial charge in [-0.05, 0) is 0 Å². The third-order valence-electron chi connectivity index (χ3n) is 5.65. The van der Waals surface area contributed by atoms with Gasteiger partial charge < -0.3 is 24.8 Å². The minimum absolute atomic E-state index is 0. The van der Waals surface area contributed by atoms with Crippen LogP contribution in [-0.2, 0) is 26.0 Å². The monoisotopic (exact) mass is 558 g/mol. The fourth-order valence-corrected chi connectivity index (χ4v) is 25.3. The molecule has 3 aromatic carbocycles. The van der Waals surface area contributed by atoms with Gasteiger partial charge in [0.15, 0.2) is 0 Å². The Balaban J connectivity index is 0.00000181. The number of nitrogens with one attached hydrogen (secondary N) is 1. The van der Waals surface area contributed by atoms with Crippen molar-refractivity contribution in [3.63, 3.8) is 0 Å². The Labute approximate surface area is 213 Å². The average Bonchev–Trinajstić information content (AvgIpc) is 3.18. The third kappa shape index (κ3) is 5.91. The van der Waals surface area contributed by atoms with Crippen molar-refractivity contribution in [2.24, 2.45) is 5.41 Å². The van der Waals surface area contributed by atoms with Crippen molar-refractivity contribution in [1.29, 1.82) is 0 Å². The Bertz CT molecular complexity index is 1010. The van der Waals surface area contributed by atoms with E-state index in [1.165, 1.54) is 21.5 Å². The second-order valence-corrected chi connectivity index (χ2v) is 23.4. The molecule has 1 unspecified atom stereocenters. The number of carbonyl (C=O) groups is 1. The molecule has 0 aromatic heterocycles. The van der Waals surface area contributed by atoms with Crippen LogP contribution >= 0.6 is 0 Å². The predicted octanol–water partition coefficient (Wildman–Crippen LogP) is -2.00. The fraction of sp³-hybridized carbons (Fsp3) is 0.192. The number of rotatable bonds is 5. The zero-order chi connectivity index (χ0) is 21.1. The number of carbonyl (C=O) groups excluding carboxylic acids is 1. The number of hydrogen-bond donors (Lipinski definition) is 1. The van der Waals surface area contributed by atoms with Crippen LogP contribution in [0.5, 0.6) is 0 Å². The number of amides is 1. The van der Waals surface area contributed by atoms with Crippen molar-refractivity contribution in [2.45, 2.75) is 24.4 Å². The Hall–Kier alpha value is -1.45. The van der Waals surface area contributed by atoms with Crippen molar-refractivity contribution in [1.82, 2.24) is 3.26 Å². The topological polar surface area (TPSA) is 29.1 Å². The zero-order valence-corrected chi connectivity index (χ0v) is 23.7. The van der Waals surface area contributed by atoms with Crippen LogP contribution in [0.2, 0.25) is 0 Å². The van der Waals surface area contributed by atoms with Gasteiger partial charge >= 0.3 is 189 Å². The van der Waals surface area contributed by atoms with Crippen LogP contribution in [0.4, 0.5) is 0 Å². The molecular weight excluding hydrogens is 533 g/mol. The van der Waals surface area contributed by atoms with Crippen LogP contribution in [0.25, 0.3) is 6.08 Å². The molecule has 3 aromatic rings. The van der Waals surface area contributed by atoms with Crippen LogP contribution in [0.15, 0.2) is 91.0 Å². The average molecular weight is 561 g/mol. The van der Waals surface area contributed by atoms with E-state index < -0.39 is 27.1 Å². The first-order valence-electron chi connectivity index (χ1n) is 10.5. The Kier molecular flexibility index (Phi) is 9.72. The second-order valence-electron chi connectivity index (χ2n) is 8.88. The molecule has 165 valence electrons. The van der Waals surface area contributed by atoms with E-state index >= 15 is 0 Å². The summed E-state index contributed by atoms with van der Waals surface area (Å²) in [5.74, 6) is -1.40. The molecule has 2 nitrogen and oxygen atoms in total. The maximum atomic E-state index is 13.2. The summed E-state index contributed by atoms with van der Waals surface area (Å²) in [6, 6.07) is 30.5. The van der Waals surface area contributed by atoms with E-state index in [1.807, 2.05) is 20.8 Å². The normalized spacial score (nSPS) is 14.2. The van der Waals surface area contributed by atoms with Crippen molar-refractivity contribution >= 4 is 28.3 Å². The summed E-state index contributed by atoms with van der Waals surface area (Å²) < 4.78 is 4.07. The number of fused-ring (bicyclic) bond motifs is 1. The molecule has 4 rings (SSSR count). The van der Waals surface area contributed by atoms with Gasteiger partial charge in [-0.3, -0.25) is 0 Å². The number of hydrogen-bond acceptors (Lipinski definition) is 1. The maximum absolute atomic E-state index is 13.2. The van der Waals surface area contributed by atoms with Gasteiger partial charge in [-0.25, -0.2) is 0 Å². The molecule has 1 amide bonds. The molecule has 32 heavy (non-hydrogen) atoms. The minimum atomic E-state index is -2.56. The summed E-state index contributed by atoms with van der Waals surface area (Å²) in [5, 5.41) is 2.87. The Morgan fingerprint density at radius 2 is 1.31 bits per heavy atom. The Morgan fingerprint density at radius 1 is 0.812 bits per heavy atom. The number of halogens is 2. The largest absolute Gasteiger partial charge is 1.00 e. The van der Waals surface area contributed by atoms with Crippen LogP contribution in [0.1, 0.15) is 35.5 Å². The quantitative estimate of drug-likeness (QED) is 0.360. The molecule has 0 aliphatic heterocycles. The number of benzene rings is 3. The van der Waals surface area contributed by atoms with Crippen molar-refractivity contribution in [2.75, 3.05) is 0 Å². The molecule has 1 N–H and O–H groups in total. The van der Waals surface area contributed by atoms with Gasteiger partial charge in [-0.2, -0.15) is 0 Å². The molecule has 0 radical (unpaired) electrons. The molecule has 0 fully saturated rings. The van der Waals surface area contributed by atoms with Crippen LogP contribution in [0.3, 0.4) is 0 Å². The smallest absolute Gasteiger partial charge is 1.00 e. The van der Waals surface area contributed by atoms with Crippen molar-refractivity contribution in [3.8, 4) is 0 Å². The van der Waals surface area contributed by atoms with Crippen LogP contribution < -0.4 is 38.4 Å². The second kappa shape index (κ2) is 11.6. The molecule has 0 bridgehead atoms. The molecule has 1 aliphatic rings. The first-order chi connectivity index (χ1) is 14.4. The first kappa shape index (κ1) is 26.8. The van der Waals surface area contributed by atoms with E-state index in [0.29, 0.717) is 3.63 Å². The molecule has 6 heteroatoms. The molecule has 0 heterocycles. The molecule has 1 aliphatic carbocycles. The van der Waals surface area contributed by atoms with E-state index in [2.05, 4.69) is 100 Å². The first-order valence-corrected chi connectivity index (χ1v) is 19.1. The van der Waals surface area contributed by atoms with E-state index in [1.54, 1.807) is 0 Å². The third-order valence-corrected chi connectivity index (χ3v) is 25.0. The fourth-order valence-electron chi connectivity index (χ4n) is 4.01. The minimum Gasteiger partial charge on any atom is -1.00 e. The van der Waals surface area contributed by atoms with Gasteiger partial charge in [0, 0.05) is 0 Å². The summed E-state index contributed by atoms with van der Waals surface area (Å²) in [5.41, 5.74) is 2.31. The van der Waals surface area contributed by atoms with E-state index in [0.717, 1.165) is 0 Å². The number of allylic oxidation sites excluding steroid dienone is 1. The summed E-state index contributed by atoms with van der Waals surface area (Å²) in [4.78, 5) is 13.2. The summed E-state index contributed by atoms with van der Waals surface area (Å²) in [6.45, 7) is 6.05. The van der Waals surface area contributed by atoms with E-state index in [-0.39, 0.29) is 36.1 Å². The predicted molar refractivity (Wildman–Crippen MR) is 125 cm³/mol. The van der Waals surface area contributed by atoms with E-state index in [9.17, 15) is 4.79 Å². The summed E-state index contributed by atoms with van der Waals surface area (Å²) in [7, 11) is 0. The zero-order valence-electron chi connectivity index (χ0n) is 18.6. The molecule has 0 saturated carbocycles. The Morgan fingerprint density at radius 3 is 1.84 bits per heavy atom. The van der Waals surface area contributed by atoms with Crippen LogP contribution in [-0.4, -0.2) is 11.8 Å².